The van der Waals surface area contributed by atoms with E-state index in [4.69, 9.17) is 25.5 Å². The van der Waals surface area contributed by atoms with E-state index in [1.165, 1.54) is 31.5 Å². The first-order valence-electron chi connectivity index (χ1n) is 11.6. The molecular weight excluding hydrogens is 516 g/mol. The fourth-order valence-electron chi connectivity index (χ4n) is 3.43. The van der Waals surface area contributed by atoms with Crippen molar-refractivity contribution in [3.63, 3.8) is 0 Å². The highest BCUT2D eigenvalue weighted by Gasteiger charge is 2.22. The van der Waals surface area contributed by atoms with Gasteiger partial charge in [-0.15, -0.1) is 0 Å². The van der Waals surface area contributed by atoms with Crippen LogP contribution < -0.4 is 20.2 Å². The van der Waals surface area contributed by atoms with Crippen LogP contribution in [0, 0.1) is 16.0 Å². The second-order valence-electron chi connectivity index (χ2n) is 8.57. The first kappa shape index (κ1) is 28.2. The number of ether oxygens (including phenoxy) is 2. The standard InChI is InChI=1S/C26H27ClN4O7/c1-16(2)12-22(29-25(32)15-37-19-7-4-17(27)5-8-19)26(33)30-28-14-20-9-11-24(38-20)21-13-18(31(34)35)6-10-23(21)36-3/h4-11,13-14,16,22H,12,15H2,1-3H3,(H,29,32)(H,30,33)/b28-14-/t22-/m0/s1. The molecule has 0 aliphatic rings. The number of nitrogens with zero attached hydrogens (tertiary/aromatic N) is 2. The number of hydrogen-bond donors (Lipinski definition) is 2. The number of carbonyl (C=O) groups excluding carboxylic acids is 2. The van der Waals surface area contributed by atoms with E-state index < -0.39 is 22.8 Å². The Morgan fingerprint density at radius 1 is 1.16 bits per heavy atom. The van der Waals surface area contributed by atoms with Crippen LogP contribution in [-0.2, 0) is 9.59 Å². The molecule has 1 heterocycles. The number of hydrazone groups is 1. The van der Waals surface area contributed by atoms with Crippen LogP contribution in [0.3, 0.4) is 0 Å². The molecule has 0 bridgehead atoms. The number of nitro groups is 1. The number of methoxy groups -OCH3 is 1. The number of carbonyl (C=O) groups is 2. The number of nitro benzene ring substituents is 1. The highest BCUT2D eigenvalue weighted by Crippen LogP contribution is 2.34. The summed E-state index contributed by atoms with van der Waals surface area (Å²) in [5, 5.41) is 18.3. The van der Waals surface area contributed by atoms with E-state index in [0.717, 1.165) is 0 Å². The number of furan rings is 1. The van der Waals surface area contributed by atoms with Crippen LogP contribution in [0.5, 0.6) is 11.5 Å². The van der Waals surface area contributed by atoms with Crippen molar-refractivity contribution < 1.29 is 28.4 Å². The Labute approximate surface area is 223 Å². The van der Waals surface area contributed by atoms with E-state index in [9.17, 15) is 19.7 Å². The summed E-state index contributed by atoms with van der Waals surface area (Å²) in [6.45, 7) is 3.57. The van der Waals surface area contributed by atoms with Gasteiger partial charge in [0.1, 0.15) is 29.1 Å². The molecule has 3 aromatic rings. The van der Waals surface area contributed by atoms with E-state index in [1.807, 2.05) is 13.8 Å². The Kier molecular flexibility index (Phi) is 9.83. The number of hydrogen-bond acceptors (Lipinski definition) is 8. The van der Waals surface area contributed by atoms with Gasteiger partial charge in [0.25, 0.3) is 17.5 Å². The Bertz CT molecular complexity index is 1310. The molecule has 1 atom stereocenters. The minimum absolute atomic E-state index is 0.114. The average Bonchev–Trinajstić information content (AvgIpc) is 3.36. The van der Waals surface area contributed by atoms with Crippen LogP contribution in [0.15, 0.2) is 64.1 Å². The van der Waals surface area contributed by atoms with Gasteiger partial charge in [-0.1, -0.05) is 25.4 Å². The third kappa shape index (κ3) is 8.07. The molecule has 0 radical (unpaired) electrons. The van der Waals surface area contributed by atoms with E-state index in [1.54, 1.807) is 36.4 Å². The normalized spacial score (nSPS) is 11.8. The third-order valence-corrected chi connectivity index (χ3v) is 5.45. The van der Waals surface area contributed by atoms with E-state index in [0.29, 0.717) is 34.3 Å². The van der Waals surface area contributed by atoms with Crippen LogP contribution in [0.2, 0.25) is 5.02 Å². The van der Waals surface area contributed by atoms with Crippen LogP contribution >= 0.6 is 11.6 Å². The summed E-state index contributed by atoms with van der Waals surface area (Å²) in [4.78, 5) is 35.7. The molecule has 38 heavy (non-hydrogen) atoms. The van der Waals surface area contributed by atoms with E-state index in [-0.39, 0.29) is 24.0 Å². The summed E-state index contributed by atoms with van der Waals surface area (Å²) in [6, 6.07) is 13.1. The molecule has 11 nitrogen and oxygen atoms in total. The molecule has 12 heteroatoms. The summed E-state index contributed by atoms with van der Waals surface area (Å²) in [6.07, 6.45) is 1.66. The Hall–Kier alpha value is -4.38. The zero-order valence-electron chi connectivity index (χ0n) is 21.0. The van der Waals surface area contributed by atoms with Gasteiger partial charge in [0.05, 0.1) is 23.8 Å². The highest BCUT2D eigenvalue weighted by atomic mass is 35.5. The van der Waals surface area contributed by atoms with Crippen LogP contribution in [-0.4, -0.2) is 42.7 Å². The van der Waals surface area contributed by atoms with Gasteiger partial charge in [-0.3, -0.25) is 19.7 Å². The number of amides is 2. The zero-order valence-corrected chi connectivity index (χ0v) is 21.7. The van der Waals surface area contributed by atoms with Gasteiger partial charge in [0.2, 0.25) is 0 Å². The molecule has 200 valence electrons. The SMILES string of the molecule is COc1ccc([N+](=O)[O-])cc1-c1ccc(/C=N\NC(=O)[C@H](CC(C)C)NC(=O)COc2ccc(Cl)cc2)o1. The first-order valence-corrected chi connectivity index (χ1v) is 12.0. The zero-order chi connectivity index (χ0) is 27.7. The lowest BCUT2D eigenvalue weighted by Gasteiger charge is -2.19. The average molecular weight is 543 g/mol. The second kappa shape index (κ2) is 13.2. The minimum Gasteiger partial charge on any atom is -0.496 e. The molecule has 0 spiro atoms. The number of rotatable bonds is 12. The predicted molar refractivity (Wildman–Crippen MR) is 141 cm³/mol. The molecule has 1 aromatic heterocycles. The fourth-order valence-corrected chi connectivity index (χ4v) is 3.55. The summed E-state index contributed by atoms with van der Waals surface area (Å²) in [7, 11) is 1.45. The topological polar surface area (TPSA) is 145 Å². The van der Waals surface area contributed by atoms with Crippen LogP contribution in [0.4, 0.5) is 5.69 Å². The third-order valence-electron chi connectivity index (χ3n) is 5.20. The number of nitrogens with one attached hydrogen (secondary N) is 2. The number of non-ortho nitro benzene ring substituents is 1. The van der Waals surface area contributed by atoms with Crippen molar-refractivity contribution in [1.29, 1.82) is 0 Å². The Morgan fingerprint density at radius 3 is 2.55 bits per heavy atom. The van der Waals surface area contributed by atoms with Crippen molar-refractivity contribution in [2.45, 2.75) is 26.3 Å². The summed E-state index contributed by atoms with van der Waals surface area (Å²) in [5.74, 6) is 0.616. The summed E-state index contributed by atoms with van der Waals surface area (Å²) < 4.78 is 16.4. The summed E-state index contributed by atoms with van der Waals surface area (Å²) >= 11 is 5.84. The van der Waals surface area contributed by atoms with Crippen molar-refractivity contribution in [2.75, 3.05) is 13.7 Å². The van der Waals surface area contributed by atoms with Gasteiger partial charge in [-0.25, -0.2) is 5.43 Å². The molecule has 2 N–H and O–H groups in total. The monoisotopic (exact) mass is 542 g/mol. The van der Waals surface area contributed by atoms with Crippen molar-refractivity contribution >= 4 is 35.3 Å². The second-order valence-corrected chi connectivity index (χ2v) is 9.01. The lowest BCUT2D eigenvalue weighted by atomic mass is 10.0. The van der Waals surface area contributed by atoms with Crippen LogP contribution in [0.1, 0.15) is 26.0 Å². The number of halogens is 1. The van der Waals surface area contributed by atoms with Gasteiger partial charge in [0, 0.05) is 17.2 Å². The maximum atomic E-state index is 12.7. The maximum absolute atomic E-state index is 12.7. The Balaban J connectivity index is 1.61. The van der Waals surface area contributed by atoms with Gasteiger partial charge in [-0.2, -0.15) is 5.10 Å². The lowest BCUT2D eigenvalue weighted by Crippen LogP contribution is -2.47. The molecule has 0 unspecified atom stereocenters. The molecule has 2 aromatic carbocycles. The molecular formula is C26H27ClN4O7. The van der Waals surface area contributed by atoms with Crippen molar-refractivity contribution in [3.8, 4) is 22.8 Å². The molecule has 2 amide bonds. The Morgan fingerprint density at radius 2 is 1.89 bits per heavy atom. The highest BCUT2D eigenvalue weighted by molar-refractivity contribution is 6.30. The first-order chi connectivity index (χ1) is 18.2. The molecule has 0 aliphatic carbocycles. The largest absolute Gasteiger partial charge is 0.496 e. The molecule has 0 saturated carbocycles. The lowest BCUT2D eigenvalue weighted by molar-refractivity contribution is -0.384. The molecule has 0 fully saturated rings. The van der Waals surface area contributed by atoms with Crippen LogP contribution in [0.25, 0.3) is 11.3 Å². The van der Waals surface area contributed by atoms with Gasteiger partial charge in [-0.05, 0) is 54.8 Å². The van der Waals surface area contributed by atoms with Gasteiger partial charge in [0.15, 0.2) is 6.61 Å². The maximum Gasteiger partial charge on any atom is 0.270 e. The minimum atomic E-state index is -0.838. The van der Waals surface area contributed by atoms with Crippen molar-refractivity contribution in [3.05, 3.63) is 75.5 Å². The molecule has 0 aliphatic heterocycles. The van der Waals surface area contributed by atoms with Gasteiger partial charge >= 0.3 is 0 Å². The summed E-state index contributed by atoms with van der Waals surface area (Å²) in [5.41, 5.74) is 2.68. The fraction of sp³-hybridized carbons (Fsp3) is 0.269. The predicted octanol–water partition coefficient (Wildman–Crippen LogP) is 4.58. The van der Waals surface area contributed by atoms with Crippen molar-refractivity contribution in [1.82, 2.24) is 10.7 Å². The van der Waals surface area contributed by atoms with Gasteiger partial charge < -0.3 is 19.2 Å². The van der Waals surface area contributed by atoms with E-state index >= 15 is 0 Å². The van der Waals surface area contributed by atoms with E-state index in [2.05, 4.69) is 15.8 Å². The smallest absolute Gasteiger partial charge is 0.270 e. The number of benzene rings is 2. The molecule has 0 saturated heterocycles. The van der Waals surface area contributed by atoms with Crippen molar-refractivity contribution in [2.24, 2.45) is 11.0 Å². The quantitative estimate of drug-likeness (QED) is 0.193. The molecule has 3 rings (SSSR count).